The molecule has 1 rings (SSSR count). The maximum Gasteiger partial charge on any atom is 0.152 e. The first kappa shape index (κ1) is 9.81. The molecular formula is C10H9ClO2. The van der Waals surface area contributed by atoms with Gasteiger partial charge in [-0.15, -0.1) is 0 Å². The summed E-state index contributed by atoms with van der Waals surface area (Å²) >= 11 is 5.66. The van der Waals surface area contributed by atoms with Crippen molar-refractivity contribution in [3.8, 4) is 5.75 Å². The SMILES string of the molecule is CC(=O)C=Cc1cccc(Cl)c1O. The fourth-order valence-corrected chi connectivity index (χ4v) is 1.06. The predicted molar refractivity (Wildman–Crippen MR) is 52.8 cm³/mol. The van der Waals surface area contributed by atoms with Crippen LogP contribution in [0.1, 0.15) is 12.5 Å². The first-order valence-corrected chi connectivity index (χ1v) is 4.15. The van der Waals surface area contributed by atoms with Crippen molar-refractivity contribution in [3.63, 3.8) is 0 Å². The standard InChI is InChI=1S/C10H9ClO2/c1-7(12)5-6-8-3-2-4-9(11)10(8)13/h2-6,13H,1H3. The summed E-state index contributed by atoms with van der Waals surface area (Å²) in [7, 11) is 0. The molecule has 0 unspecified atom stereocenters. The van der Waals surface area contributed by atoms with Crippen LogP contribution in [0.25, 0.3) is 6.08 Å². The molecule has 0 aliphatic rings. The van der Waals surface area contributed by atoms with Gasteiger partial charge in [0.25, 0.3) is 0 Å². The number of aromatic hydroxyl groups is 1. The van der Waals surface area contributed by atoms with Crippen LogP contribution in [-0.4, -0.2) is 10.9 Å². The van der Waals surface area contributed by atoms with Gasteiger partial charge in [0.05, 0.1) is 5.02 Å². The number of carbonyl (C=O) groups is 1. The Labute approximate surface area is 81.5 Å². The average Bonchev–Trinajstić information content (AvgIpc) is 2.07. The van der Waals surface area contributed by atoms with Crippen LogP contribution >= 0.6 is 11.6 Å². The van der Waals surface area contributed by atoms with E-state index >= 15 is 0 Å². The van der Waals surface area contributed by atoms with Crippen molar-refractivity contribution in [2.45, 2.75) is 6.92 Å². The Morgan fingerprint density at radius 1 is 1.54 bits per heavy atom. The van der Waals surface area contributed by atoms with E-state index in [4.69, 9.17) is 11.6 Å². The van der Waals surface area contributed by atoms with Crippen LogP contribution in [0.2, 0.25) is 5.02 Å². The maximum absolute atomic E-state index is 10.6. The highest BCUT2D eigenvalue weighted by molar-refractivity contribution is 6.32. The van der Waals surface area contributed by atoms with Crippen molar-refractivity contribution >= 4 is 23.5 Å². The number of rotatable bonds is 2. The summed E-state index contributed by atoms with van der Waals surface area (Å²) in [5, 5.41) is 9.70. The second kappa shape index (κ2) is 4.10. The van der Waals surface area contributed by atoms with Crippen LogP contribution in [-0.2, 0) is 4.79 Å². The van der Waals surface area contributed by atoms with Gasteiger partial charge in [0.2, 0.25) is 0 Å². The van der Waals surface area contributed by atoms with Crippen molar-refractivity contribution < 1.29 is 9.90 Å². The smallest absolute Gasteiger partial charge is 0.152 e. The quantitative estimate of drug-likeness (QED) is 0.739. The van der Waals surface area contributed by atoms with Crippen LogP contribution in [0.15, 0.2) is 24.3 Å². The molecule has 2 nitrogen and oxygen atoms in total. The van der Waals surface area contributed by atoms with Gasteiger partial charge < -0.3 is 5.11 Å². The lowest BCUT2D eigenvalue weighted by Gasteiger charge is -1.99. The lowest BCUT2D eigenvalue weighted by atomic mass is 10.2. The van der Waals surface area contributed by atoms with Gasteiger partial charge in [-0.25, -0.2) is 0 Å². The molecular weight excluding hydrogens is 188 g/mol. The third kappa shape index (κ3) is 2.60. The van der Waals surface area contributed by atoms with E-state index in [2.05, 4.69) is 0 Å². The number of para-hydroxylation sites is 1. The minimum absolute atomic E-state index is 0.00154. The van der Waals surface area contributed by atoms with Crippen molar-refractivity contribution in [1.82, 2.24) is 0 Å². The first-order valence-electron chi connectivity index (χ1n) is 3.77. The van der Waals surface area contributed by atoms with Crippen molar-refractivity contribution in [2.75, 3.05) is 0 Å². The Morgan fingerprint density at radius 3 is 2.85 bits per heavy atom. The summed E-state index contributed by atoms with van der Waals surface area (Å²) in [5.41, 5.74) is 0.544. The van der Waals surface area contributed by atoms with E-state index in [1.165, 1.54) is 19.1 Å². The molecule has 0 saturated heterocycles. The Kier molecular flexibility index (Phi) is 3.09. The molecule has 1 aromatic carbocycles. The Balaban J connectivity index is 3.02. The molecule has 0 heterocycles. The largest absolute Gasteiger partial charge is 0.506 e. The molecule has 68 valence electrons. The van der Waals surface area contributed by atoms with E-state index in [1.807, 2.05) is 0 Å². The minimum atomic E-state index is -0.0700. The van der Waals surface area contributed by atoms with Crippen LogP contribution in [0.4, 0.5) is 0 Å². The lowest BCUT2D eigenvalue weighted by Crippen LogP contribution is -1.81. The van der Waals surface area contributed by atoms with Gasteiger partial charge in [-0.05, 0) is 25.1 Å². The van der Waals surface area contributed by atoms with E-state index in [9.17, 15) is 9.90 Å². The van der Waals surface area contributed by atoms with Crippen LogP contribution in [0, 0.1) is 0 Å². The molecule has 0 fully saturated rings. The number of hydrogen-bond acceptors (Lipinski definition) is 2. The molecule has 0 atom stereocenters. The number of ketones is 1. The van der Waals surface area contributed by atoms with Gasteiger partial charge in [0.1, 0.15) is 5.75 Å². The van der Waals surface area contributed by atoms with Crippen molar-refractivity contribution in [3.05, 3.63) is 34.9 Å². The minimum Gasteiger partial charge on any atom is -0.506 e. The van der Waals surface area contributed by atoms with Crippen LogP contribution < -0.4 is 0 Å². The van der Waals surface area contributed by atoms with E-state index in [0.29, 0.717) is 5.56 Å². The number of benzene rings is 1. The summed E-state index contributed by atoms with van der Waals surface area (Å²) < 4.78 is 0. The number of halogens is 1. The average molecular weight is 197 g/mol. The molecule has 0 amide bonds. The summed E-state index contributed by atoms with van der Waals surface area (Å²) in [6.45, 7) is 1.44. The van der Waals surface area contributed by atoms with E-state index in [1.54, 1.807) is 18.2 Å². The fourth-order valence-electron chi connectivity index (χ4n) is 0.874. The summed E-state index contributed by atoms with van der Waals surface area (Å²) in [4.78, 5) is 10.6. The number of hydrogen-bond donors (Lipinski definition) is 1. The maximum atomic E-state index is 10.6. The molecule has 0 aliphatic carbocycles. The summed E-state index contributed by atoms with van der Waals surface area (Å²) in [6, 6.07) is 4.98. The molecule has 0 aromatic heterocycles. The monoisotopic (exact) mass is 196 g/mol. The summed E-state index contributed by atoms with van der Waals surface area (Å²) in [6.07, 6.45) is 2.91. The molecule has 13 heavy (non-hydrogen) atoms. The molecule has 3 heteroatoms. The first-order chi connectivity index (χ1) is 6.11. The molecule has 0 radical (unpaired) electrons. The second-order valence-electron chi connectivity index (χ2n) is 2.62. The van der Waals surface area contributed by atoms with Gasteiger partial charge in [-0.1, -0.05) is 23.7 Å². The molecule has 0 bridgehead atoms. The van der Waals surface area contributed by atoms with Crippen LogP contribution in [0.3, 0.4) is 0 Å². The highest BCUT2D eigenvalue weighted by Crippen LogP contribution is 2.27. The third-order valence-corrected chi connectivity index (χ3v) is 1.82. The lowest BCUT2D eigenvalue weighted by molar-refractivity contribution is -0.112. The zero-order valence-electron chi connectivity index (χ0n) is 7.12. The highest BCUT2D eigenvalue weighted by atomic mass is 35.5. The van der Waals surface area contributed by atoms with Crippen molar-refractivity contribution in [2.24, 2.45) is 0 Å². The molecule has 1 aromatic rings. The number of phenolic OH excluding ortho intramolecular Hbond substituents is 1. The fraction of sp³-hybridized carbons (Fsp3) is 0.100. The van der Waals surface area contributed by atoms with Crippen LogP contribution in [0.5, 0.6) is 5.75 Å². The van der Waals surface area contributed by atoms with Gasteiger partial charge >= 0.3 is 0 Å². The Hall–Kier alpha value is -1.28. The molecule has 0 spiro atoms. The van der Waals surface area contributed by atoms with E-state index in [0.717, 1.165) is 0 Å². The molecule has 0 saturated carbocycles. The van der Waals surface area contributed by atoms with E-state index < -0.39 is 0 Å². The van der Waals surface area contributed by atoms with Gasteiger partial charge in [-0.3, -0.25) is 4.79 Å². The van der Waals surface area contributed by atoms with Gasteiger partial charge in [0, 0.05) is 5.56 Å². The highest BCUT2D eigenvalue weighted by Gasteiger charge is 2.00. The molecule has 1 N–H and O–H groups in total. The van der Waals surface area contributed by atoms with Crippen molar-refractivity contribution in [1.29, 1.82) is 0 Å². The second-order valence-corrected chi connectivity index (χ2v) is 3.03. The number of carbonyl (C=O) groups excluding carboxylic acids is 1. The number of phenols is 1. The topological polar surface area (TPSA) is 37.3 Å². The Morgan fingerprint density at radius 2 is 2.23 bits per heavy atom. The number of allylic oxidation sites excluding steroid dienone is 1. The van der Waals surface area contributed by atoms with Gasteiger partial charge in [0.15, 0.2) is 5.78 Å². The third-order valence-electron chi connectivity index (χ3n) is 1.52. The Bertz CT molecular complexity index is 356. The normalized spacial score (nSPS) is 10.6. The predicted octanol–water partition coefficient (Wildman–Crippen LogP) is 2.65. The van der Waals surface area contributed by atoms with Gasteiger partial charge in [-0.2, -0.15) is 0 Å². The molecule has 0 aliphatic heterocycles. The summed E-state index contributed by atoms with van der Waals surface area (Å²) in [5.74, 6) is -0.0685. The zero-order valence-corrected chi connectivity index (χ0v) is 7.88. The zero-order chi connectivity index (χ0) is 9.84. The van der Waals surface area contributed by atoms with E-state index in [-0.39, 0.29) is 16.6 Å².